The third kappa shape index (κ3) is 4.66. The molecule has 1 amide bonds. The van der Waals surface area contributed by atoms with Gasteiger partial charge in [-0.2, -0.15) is 0 Å². The van der Waals surface area contributed by atoms with Crippen molar-refractivity contribution in [2.45, 2.75) is 12.5 Å². The second kappa shape index (κ2) is 8.52. The molecule has 1 heterocycles. The maximum absolute atomic E-state index is 12.3. The highest BCUT2D eigenvalue weighted by atomic mass is 35.5. The SMILES string of the molecule is O=C(Cc1csc(-c2ccccc2Cl)n1)NC(C(=O)O)c1ccccc1Cl. The van der Waals surface area contributed by atoms with E-state index in [0.717, 1.165) is 5.56 Å². The Hall–Kier alpha value is -2.41. The number of benzene rings is 2. The lowest BCUT2D eigenvalue weighted by atomic mass is 10.1. The number of carbonyl (C=O) groups excluding carboxylic acids is 1. The van der Waals surface area contributed by atoms with Crippen molar-refractivity contribution in [3.05, 3.63) is 75.2 Å². The van der Waals surface area contributed by atoms with E-state index >= 15 is 0 Å². The number of aliphatic carboxylic acids is 1. The van der Waals surface area contributed by atoms with Gasteiger partial charge in [0.2, 0.25) is 5.91 Å². The lowest BCUT2D eigenvalue weighted by Gasteiger charge is -2.15. The number of thiazole rings is 1. The molecule has 0 saturated carbocycles. The molecule has 0 radical (unpaired) electrons. The third-order valence-corrected chi connectivity index (χ3v) is 5.36. The van der Waals surface area contributed by atoms with Gasteiger partial charge in [0.15, 0.2) is 6.04 Å². The molecule has 1 atom stereocenters. The molecular weight excluding hydrogens is 407 g/mol. The first-order valence-electron chi connectivity index (χ1n) is 7.91. The Labute approximate surface area is 169 Å². The minimum Gasteiger partial charge on any atom is -0.479 e. The van der Waals surface area contributed by atoms with Crippen LogP contribution in [0, 0.1) is 0 Å². The second-order valence-corrected chi connectivity index (χ2v) is 7.33. The first-order chi connectivity index (χ1) is 13.0. The zero-order chi connectivity index (χ0) is 19.4. The standard InChI is InChI=1S/C19H14Cl2N2O3S/c20-14-7-3-1-5-12(14)17(19(25)26)23-16(24)9-11-10-27-18(22-11)13-6-2-4-8-15(13)21/h1-8,10,17H,9H2,(H,23,24)(H,25,26). The molecule has 2 N–H and O–H groups in total. The smallest absolute Gasteiger partial charge is 0.330 e. The Morgan fingerprint density at radius 3 is 2.41 bits per heavy atom. The summed E-state index contributed by atoms with van der Waals surface area (Å²) in [5.41, 5.74) is 1.65. The number of carboxylic acid groups (broad SMARTS) is 1. The fourth-order valence-corrected chi connectivity index (χ4v) is 3.89. The van der Waals surface area contributed by atoms with Gasteiger partial charge in [-0.1, -0.05) is 59.6 Å². The van der Waals surface area contributed by atoms with E-state index in [0.29, 0.717) is 21.3 Å². The number of hydrogen-bond acceptors (Lipinski definition) is 4. The number of carboxylic acids is 1. The highest BCUT2D eigenvalue weighted by Gasteiger charge is 2.24. The number of aromatic nitrogens is 1. The molecule has 0 aliphatic carbocycles. The number of nitrogens with zero attached hydrogens (tertiary/aromatic N) is 1. The van der Waals surface area contributed by atoms with Crippen LogP contribution in [0.4, 0.5) is 0 Å². The molecule has 1 aromatic heterocycles. The third-order valence-electron chi connectivity index (χ3n) is 3.77. The highest BCUT2D eigenvalue weighted by Crippen LogP contribution is 2.30. The maximum Gasteiger partial charge on any atom is 0.330 e. The van der Waals surface area contributed by atoms with E-state index in [1.165, 1.54) is 11.3 Å². The molecule has 3 aromatic rings. The Morgan fingerprint density at radius 2 is 1.74 bits per heavy atom. The lowest BCUT2D eigenvalue weighted by molar-refractivity contribution is -0.142. The Balaban J connectivity index is 1.73. The summed E-state index contributed by atoms with van der Waals surface area (Å²) in [4.78, 5) is 28.3. The van der Waals surface area contributed by atoms with Crippen LogP contribution in [0.1, 0.15) is 17.3 Å². The fraction of sp³-hybridized carbons (Fsp3) is 0.105. The van der Waals surface area contributed by atoms with Crippen LogP contribution in [-0.2, 0) is 16.0 Å². The molecule has 0 bridgehead atoms. The van der Waals surface area contributed by atoms with Crippen molar-refractivity contribution >= 4 is 46.4 Å². The van der Waals surface area contributed by atoms with Gasteiger partial charge in [0.05, 0.1) is 17.1 Å². The summed E-state index contributed by atoms with van der Waals surface area (Å²) >= 11 is 13.6. The van der Waals surface area contributed by atoms with Crippen LogP contribution in [0.25, 0.3) is 10.6 Å². The molecule has 138 valence electrons. The summed E-state index contributed by atoms with van der Waals surface area (Å²) < 4.78 is 0. The van der Waals surface area contributed by atoms with E-state index in [-0.39, 0.29) is 11.4 Å². The first-order valence-corrected chi connectivity index (χ1v) is 9.55. The van der Waals surface area contributed by atoms with Crippen molar-refractivity contribution < 1.29 is 14.7 Å². The summed E-state index contributed by atoms with van der Waals surface area (Å²) in [6.07, 6.45) is -0.0464. The van der Waals surface area contributed by atoms with Crippen LogP contribution >= 0.6 is 34.5 Å². The Morgan fingerprint density at radius 1 is 1.07 bits per heavy atom. The first kappa shape index (κ1) is 19.4. The maximum atomic E-state index is 12.3. The van der Waals surface area contributed by atoms with Gasteiger partial charge in [-0.05, 0) is 12.1 Å². The van der Waals surface area contributed by atoms with Crippen molar-refractivity contribution in [2.24, 2.45) is 0 Å². The summed E-state index contributed by atoms with van der Waals surface area (Å²) in [5, 5.41) is 15.3. The number of rotatable bonds is 6. The lowest BCUT2D eigenvalue weighted by Crippen LogP contribution is -2.35. The van der Waals surface area contributed by atoms with Gasteiger partial charge < -0.3 is 10.4 Å². The van der Waals surface area contributed by atoms with Crippen molar-refractivity contribution in [3.8, 4) is 10.6 Å². The minimum atomic E-state index is -1.23. The van der Waals surface area contributed by atoms with Crippen molar-refractivity contribution in [2.75, 3.05) is 0 Å². The molecule has 0 aliphatic heterocycles. The van der Waals surface area contributed by atoms with Gasteiger partial charge in [-0.3, -0.25) is 4.79 Å². The van der Waals surface area contributed by atoms with Crippen molar-refractivity contribution in [3.63, 3.8) is 0 Å². The average Bonchev–Trinajstić information content (AvgIpc) is 3.08. The Bertz CT molecular complexity index is 990. The fourth-order valence-electron chi connectivity index (χ4n) is 2.50. The van der Waals surface area contributed by atoms with Crippen LogP contribution in [0.2, 0.25) is 10.0 Å². The number of amides is 1. The molecule has 0 saturated heterocycles. The predicted molar refractivity (Wildman–Crippen MR) is 106 cm³/mol. The summed E-state index contributed by atoms with van der Waals surface area (Å²) in [7, 11) is 0. The summed E-state index contributed by atoms with van der Waals surface area (Å²) in [6.45, 7) is 0. The minimum absolute atomic E-state index is 0.0464. The number of nitrogens with one attached hydrogen (secondary N) is 1. The van der Waals surface area contributed by atoms with Crippen LogP contribution in [0.3, 0.4) is 0 Å². The average molecular weight is 421 g/mol. The van der Waals surface area contributed by atoms with Crippen LogP contribution in [0.15, 0.2) is 53.9 Å². The molecular formula is C19H14Cl2N2O3S. The largest absolute Gasteiger partial charge is 0.479 e. The van der Waals surface area contributed by atoms with Gasteiger partial charge in [0.25, 0.3) is 0 Å². The number of carbonyl (C=O) groups is 2. The molecule has 2 aromatic carbocycles. The topological polar surface area (TPSA) is 79.3 Å². The van der Waals surface area contributed by atoms with Crippen molar-refractivity contribution in [1.82, 2.24) is 10.3 Å². The molecule has 0 fully saturated rings. The van der Waals surface area contributed by atoms with Gasteiger partial charge >= 0.3 is 5.97 Å². The van der Waals surface area contributed by atoms with E-state index in [1.54, 1.807) is 35.7 Å². The quantitative estimate of drug-likeness (QED) is 0.610. The second-order valence-electron chi connectivity index (χ2n) is 5.66. The van der Waals surface area contributed by atoms with E-state index in [4.69, 9.17) is 23.2 Å². The molecule has 0 spiro atoms. The zero-order valence-electron chi connectivity index (χ0n) is 13.9. The van der Waals surface area contributed by atoms with E-state index in [9.17, 15) is 14.7 Å². The summed E-state index contributed by atoms with van der Waals surface area (Å²) in [6, 6.07) is 12.6. The van der Waals surface area contributed by atoms with E-state index in [2.05, 4.69) is 10.3 Å². The molecule has 0 aliphatic rings. The monoisotopic (exact) mass is 420 g/mol. The number of halogens is 2. The van der Waals surface area contributed by atoms with Crippen LogP contribution < -0.4 is 5.32 Å². The predicted octanol–water partition coefficient (Wildman–Crippen LogP) is 4.60. The van der Waals surface area contributed by atoms with Gasteiger partial charge in [-0.25, -0.2) is 9.78 Å². The normalized spacial score (nSPS) is 11.8. The van der Waals surface area contributed by atoms with Crippen LogP contribution in [-0.4, -0.2) is 22.0 Å². The number of hydrogen-bond donors (Lipinski definition) is 2. The highest BCUT2D eigenvalue weighted by molar-refractivity contribution is 7.13. The molecule has 5 nitrogen and oxygen atoms in total. The molecule has 27 heavy (non-hydrogen) atoms. The molecule has 3 rings (SSSR count). The Kier molecular flexibility index (Phi) is 6.11. The van der Waals surface area contributed by atoms with Crippen molar-refractivity contribution in [1.29, 1.82) is 0 Å². The van der Waals surface area contributed by atoms with Gasteiger partial charge in [0, 0.05) is 21.5 Å². The van der Waals surface area contributed by atoms with E-state index < -0.39 is 17.9 Å². The zero-order valence-corrected chi connectivity index (χ0v) is 16.2. The molecule has 1 unspecified atom stereocenters. The van der Waals surface area contributed by atoms with Gasteiger partial charge in [0.1, 0.15) is 5.01 Å². The van der Waals surface area contributed by atoms with E-state index in [1.807, 2.05) is 18.2 Å². The van der Waals surface area contributed by atoms with Crippen LogP contribution in [0.5, 0.6) is 0 Å². The summed E-state index contributed by atoms with van der Waals surface area (Å²) in [5.74, 6) is -1.65. The van der Waals surface area contributed by atoms with Gasteiger partial charge in [-0.15, -0.1) is 11.3 Å². The molecule has 8 heteroatoms.